The van der Waals surface area contributed by atoms with Crippen molar-refractivity contribution in [3.63, 3.8) is 0 Å². The Balaban J connectivity index is 1.95. The predicted octanol–water partition coefficient (Wildman–Crippen LogP) is 2.83. The van der Waals surface area contributed by atoms with Crippen molar-refractivity contribution in [3.8, 4) is 0 Å². The molecule has 8 nitrogen and oxygen atoms in total. The molecule has 27 heavy (non-hydrogen) atoms. The summed E-state index contributed by atoms with van der Waals surface area (Å²) in [5.74, 6) is -0.309. The van der Waals surface area contributed by atoms with Crippen LogP contribution in [0.3, 0.4) is 0 Å². The van der Waals surface area contributed by atoms with Crippen molar-refractivity contribution in [2.45, 2.75) is 32.1 Å². The van der Waals surface area contributed by atoms with E-state index in [0.717, 1.165) is 46.6 Å². The zero-order valence-electron chi connectivity index (χ0n) is 15.3. The topological polar surface area (TPSA) is 118 Å². The van der Waals surface area contributed by atoms with Crippen molar-refractivity contribution in [2.24, 2.45) is 0 Å². The molecule has 2 N–H and O–H groups in total. The largest absolute Gasteiger partial charge is 0.326 e. The van der Waals surface area contributed by atoms with Crippen molar-refractivity contribution in [1.82, 2.24) is 4.72 Å². The van der Waals surface area contributed by atoms with Crippen LogP contribution >= 0.6 is 0 Å². The van der Waals surface area contributed by atoms with Crippen LogP contribution in [-0.2, 0) is 14.8 Å². The Morgan fingerprint density at radius 3 is 2.15 bits per heavy atom. The first-order valence-electron chi connectivity index (χ1n) is 8.22. The molecular weight excluding hydrogens is 370 g/mol. The minimum absolute atomic E-state index is 0.0427. The molecule has 0 atom stereocenters. The third kappa shape index (κ3) is 5.35. The van der Waals surface area contributed by atoms with Crippen LogP contribution in [0.2, 0.25) is 0 Å². The molecule has 9 heteroatoms. The van der Waals surface area contributed by atoms with E-state index in [2.05, 4.69) is 10.0 Å². The number of amides is 1. The maximum Gasteiger partial charge on any atom is 0.269 e. The van der Waals surface area contributed by atoms with E-state index >= 15 is 0 Å². The van der Waals surface area contributed by atoms with Crippen LogP contribution in [0.25, 0.3) is 0 Å². The number of sulfonamides is 1. The van der Waals surface area contributed by atoms with Crippen LogP contribution in [-0.4, -0.2) is 25.8 Å². The molecule has 0 aliphatic carbocycles. The van der Waals surface area contributed by atoms with Gasteiger partial charge in [-0.1, -0.05) is 17.7 Å². The molecule has 144 valence electrons. The Morgan fingerprint density at radius 1 is 1.07 bits per heavy atom. The standard InChI is InChI=1S/C18H21N3O5S/c1-12-10-13(2)18(14(3)11-12)20-17(22)8-9-19-27(25,26)16-6-4-15(5-7-16)21(23)24/h4-7,10-11,19H,8-9H2,1-3H3,(H,20,22). The second-order valence-corrected chi connectivity index (χ2v) is 7.99. The number of hydrogen-bond donors (Lipinski definition) is 2. The molecule has 0 saturated heterocycles. The van der Waals surface area contributed by atoms with E-state index in [9.17, 15) is 23.3 Å². The quantitative estimate of drug-likeness (QED) is 0.556. The minimum atomic E-state index is -3.85. The number of aryl methyl sites for hydroxylation is 3. The van der Waals surface area contributed by atoms with Gasteiger partial charge in [-0.3, -0.25) is 14.9 Å². The van der Waals surface area contributed by atoms with Gasteiger partial charge in [-0.05, 0) is 44.0 Å². The van der Waals surface area contributed by atoms with E-state index in [-0.39, 0.29) is 29.5 Å². The summed E-state index contributed by atoms with van der Waals surface area (Å²) < 4.78 is 26.7. The molecule has 0 aromatic heterocycles. The van der Waals surface area contributed by atoms with Crippen molar-refractivity contribution in [1.29, 1.82) is 0 Å². The number of nitro groups is 1. The molecular formula is C18H21N3O5S. The lowest BCUT2D eigenvalue weighted by molar-refractivity contribution is -0.384. The molecule has 2 aromatic rings. The zero-order chi connectivity index (χ0) is 20.2. The van der Waals surface area contributed by atoms with Gasteiger partial charge in [0, 0.05) is 30.8 Å². The fourth-order valence-electron chi connectivity index (χ4n) is 2.71. The van der Waals surface area contributed by atoms with Crippen LogP contribution < -0.4 is 10.0 Å². The van der Waals surface area contributed by atoms with Crippen LogP contribution in [0.15, 0.2) is 41.3 Å². The van der Waals surface area contributed by atoms with E-state index in [1.165, 1.54) is 0 Å². The second-order valence-electron chi connectivity index (χ2n) is 6.22. The number of anilines is 1. The van der Waals surface area contributed by atoms with Gasteiger partial charge in [0.2, 0.25) is 15.9 Å². The Kier molecular flexibility index (Phi) is 6.29. The van der Waals surface area contributed by atoms with Gasteiger partial charge in [-0.25, -0.2) is 13.1 Å². The van der Waals surface area contributed by atoms with Crippen LogP contribution in [0.1, 0.15) is 23.1 Å². The Bertz CT molecular complexity index is 946. The lowest BCUT2D eigenvalue weighted by Gasteiger charge is -2.13. The van der Waals surface area contributed by atoms with Gasteiger partial charge in [0.05, 0.1) is 9.82 Å². The highest BCUT2D eigenvalue weighted by molar-refractivity contribution is 7.89. The fraction of sp³-hybridized carbons (Fsp3) is 0.278. The van der Waals surface area contributed by atoms with E-state index < -0.39 is 14.9 Å². The third-order valence-electron chi connectivity index (χ3n) is 3.94. The SMILES string of the molecule is Cc1cc(C)c(NC(=O)CCNS(=O)(=O)c2ccc([N+](=O)[O-])cc2)c(C)c1. The van der Waals surface area contributed by atoms with Gasteiger partial charge in [-0.15, -0.1) is 0 Å². The van der Waals surface area contributed by atoms with E-state index in [1.807, 2.05) is 32.9 Å². The maximum absolute atomic E-state index is 12.2. The minimum Gasteiger partial charge on any atom is -0.326 e. The zero-order valence-corrected chi connectivity index (χ0v) is 16.1. The van der Waals surface area contributed by atoms with E-state index in [1.54, 1.807) is 0 Å². The molecule has 0 saturated carbocycles. The highest BCUT2D eigenvalue weighted by Gasteiger charge is 2.16. The number of rotatable bonds is 7. The summed E-state index contributed by atoms with van der Waals surface area (Å²) in [5.41, 5.74) is 3.50. The smallest absolute Gasteiger partial charge is 0.269 e. The van der Waals surface area contributed by atoms with Gasteiger partial charge in [-0.2, -0.15) is 0 Å². The van der Waals surface area contributed by atoms with Crippen molar-refractivity contribution < 1.29 is 18.1 Å². The van der Waals surface area contributed by atoms with Crippen LogP contribution in [0, 0.1) is 30.9 Å². The predicted molar refractivity (Wildman–Crippen MR) is 102 cm³/mol. The summed E-state index contributed by atoms with van der Waals surface area (Å²) in [6.45, 7) is 5.67. The van der Waals surface area contributed by atoms with Crippen molar-refractivity contribution >= 4 is 27.3 Å². The molecule has 0 heterocycles. The molecule has 0 unspecified atom stereocenters. The van der Waals surface area contributed by atoms with E-state index in [4.69, 9.17) is 0 Å². The van der Waals surface area contributed by atoms with Gasteiger partial charge in [0.25, 0.3) is 5.69 Å². The number of benzene rings is 2. The first-order chi connectivity index (χ1) is 12.6. The highest BCUT2D eigenvalue weighted by Crippen LogP contribution is 2.22. The van der Waals surface area contributed by atoms with Crippen LogP contribution in [0.5, 0.6) is 0 Å². The molecule has 0 bridgehead atoms. The molecule has 0 aliphatic heterocycles. The number of nitro benzene ring substituents is 1. The molecule has 0 fully saturated rings. The summed E-state index contributed by atoms with van der Waals surface area (Å²) in [7, 11) is -3.85. The normalized spacial score (nSPS) is 11.2. The first kappa shape index (κ1) is 20.5. The van der Waals surface area contributed by atoms with Gasteiger partial charge in [0.1, 0.15) is 0 Å². The monoisotopic (exact) mass is 391 g/mol. The fourth-order valence-corrected chi connectivity index (χ4v) is 3.74. The van der Waals surface area contributed by atoms with Crippen molar-refractivity contribution in [2.75, 3.05) is 11.9 Å². The van der Waals surface area contributed by atoms with Gasteiger partial charge < -0.3 is 5.32 Å². The molecule has 0 radical (unpaired) electrons. The average Bonchev–Trinajstić information content (AvgIpc) is 2.58. The summed E-state index contributed by atoms with van der Waals surface area (Å²) >= 11 is 0. The van der Waals surface area contributed by atoms with Crippen molar-refractivity contribution in [3.05, 3.63) is 63.2 Å². The number of nitrogens with zero attached hydrogens (tertiary/aromatic N) is 1. The summed E-state index contributed by atoms with van der Waals surface area (Å²) in [5, 5.41) is 13.4. The van der Waals surface area contributed by atoms with Gasteiger partial charge in [0.15, 0.2) is 0 Å². The van der Waals surface area contributed by atoms with Crippen LogP contribution in [0.4, 0.5) is 11.4 Å². The van der Waals surface area contributed by atoms with E-state index in [0.29, 0.717) is 0 Å². The number of carbonyl (C=O) groups is 1. The summed E-state index contributed by atoms with van der Waals surface area (Å²) in [4.78, 5) is 22.0. The lowest BCUT2D eigenvalue weighted by atomic mass is 10.1. The van der Waals surface area contributed by atoms with Gasteiger partial charge >= 0.3 is 0 Å². The Labute approximate surface area is 157 Å². The maximum atomic E-state index is 12.2. The molecule has 1 amide bonds. The Hall–Kier alpha value is -2.78. The lowest BCUT2D eigenvalue weighted by Crippen LogP contribution is -2.28. The highest BCUT2D eigenvalue weighted by atomic mass is 32.2. The number of non-ortho nitro benzene ring substituents is 1. The number of hydrogen-bond acceptors (Lipinski definition) is 5. The summed E-state index contributed by atoms with van der Waals surface area (Å²) in [6.07, 6.45) is -0.0427. The molecule has 2 aromatic carbocycles. The average molecular weight is 391 g/mol. The molecule has 0 aliphatic rings. The Morgan fingerprint density at radius 2 is 1.63 bits per heavy atom. The number of carbonyl (C=O) groups excluding carboxylic acids is 1. The summed E-state index contributed by atoms with van der Waals surface area (Å²) in [6, 6.07) is 8.45. The third-order valence-corrected chi connectivity index (χ3v) is 5.42. The molecule has 2 rings (SSSR count). The first-order valence-corrected chi connectivity index (χ1v) is 9.70. The number of nitrogens with one attached hydrogen (secondary N) is 2. The molecule has 0 spiro atoms. The second kappa shape index (κ2) is 8.28.